The SMILES string of the molecule is CN(Cc1ccoc1)C(=O)c1ccc(CN)o1. The first kappa shape index (κ1) is 11.5. The highest BCUT2D eigenvalue weighted by atomic mass is 16.4. The molecule has 5 nitrogen and oxygen atoms in total. The molecule has 0 unspecified atom stereocenters. The Bertz CT molecular complexity index is 488. The summed E-state index contributed by atoms with van der Waals surface area (Å²) in [5, 5.41) is 0. The maximum absolute atomic E-state index is 12.0. The van der Waals surface area contributed by atoms with Crippen LogP contribution in [0.25, 0.3) is 0 Å². The van der Waals surface area contributed by atoms with Crippen LogP contribution in [0.1, 0.15) is 21.9 Å². The van der Waals surface area contributed by atoms with E-state index >= 15 is 0 Å². The minimum Gasteiger partial charge on any atom is -0.472 e. The van der Waals surface area contributed by atoms with Crippen LogP contribution < -0.4 is 5.73 Å². The van der Waals surface area contributed by atoms with E-state index in [-0.39, 0.29) is 5.91 Å². The lowest BCUT2D eigenvalue weighted by Gasteiger charge is -2.14. The average Bonchev–Trinajstić information content (AvgIpc) is 2.98. The molecule has 0 aliphatic heterocycles. The van der Waals surface area contributed by atoms with Crippen molar-refractivity contribution in [2.75, 3.05) is 7.05 Å². The van der Waals surface area contributed by atoms with Crippen molar-refractivity contribution in [1.82, 2.24) is 4.90 Å². The van der Waals surface area contributed by atoms with E-state index in [2.05, 4.69) is 0 Å². The Morgan fingerprint density at radius 2 is 2.24 bits per heavy atom. The molecule has 0 saturated carbocycles. The van der Waals surface area contributed by atoms with Gasteiger partial charge < -0.3 is 19.5 Å². The summed E-state index contributed by atoms with van der Waals surface area (Å²) in [6.45, 7) is 0.771. The van der Waals surface area contributed by atoms with Crippen molar-refractivity contribution < 1.29 is 13.6 Å². The zero-order valence-electron chi connectivity index (χ0n) is 9.55. The normalized spacial score (nSPS) is 10.5. The molecule has 17 heavy (non-hydrogen) atoms. The highest BCUT2D eigenvalue weighted by molar-refractivity contribution is 5.91. The van der Waals surface area contributed by atoms with Crippen molar-refractivity contribution >= 4 is 5.91 Å². The van der Waals surface area contributed by atoms with Gasteiger partial charge in [-0.2, -0.15) is 0 Å². The summed E-state index contributed by atoms with van der Waals surface area (Å²) in [5.74, 6) is 0.729. The fourth-order valence-corrected chi connectivity index (χ4v) is 1.52. The van der Waals surface area contributed by atoms with Gasteiger partial charge >= 0.3 is 0 Å². The maximum Gasteiger partial charge on any atom is 0.289 e. The predicted molar refractivity (Wildman–Crippen MR) is 61.1 cm³/mol. The molecule has 0 fully saturated rings. The number of hydrogen-bond acceptors (Lipinski definition) is 4. The van der Waals surface area contributed by atoms with Crippen molar-refractivity contribution in [1.29, 1.82) is 0 Å². The van der Waals surface area contributed by atoms with Gasteiger partial charge in [0.1, 0.15) is 5.76 Å². The average molecular weight is 234 g/mol. The molecular weight excluding hydrogens is 220 g/mol. The zero-order chi connectivity index (χ0) is 12.3. The van der Waals surface area contributed by atoms with Gasteiger partial charge in [-0.25, -0.2) is 0 Å². The Morgan fingerprint density at radius 1 is 1.41 bits per heavy atom. The molecule has 5 heteroatoms. The van der Waals surface area contributed by atoms with Crippen LogP contribution in [0.15, 0.2) is 39.6 Å². The van der Waals surface area contributed by atoms with Gasteiger partial charge in [-0.1, -0.05) is 0 Å². The number of nitrogens with zero attached hydrogens (tertiary/aromatic N) is 1. The van der Waals surface area contributed by atoms with Crippen molar-refractivity contribution in [2.45, 2.75) is 13.1 Å². The first-order valence-corrected chi connectivity index (χ1v) is 5.26. The van der Waals surface area contributed by atoms with Gasteiger partial charge in [0, 0.05) is 19.2 Å². The molecule has 0 radical (unpaired) electrons. The molecule has 0 aliphatic carbocycles. The van der Waals surface area contributed by atoms with Gasteiger partial charge in [-0.15, -0.1) is 0 Å². The number of carbonyl (C=O) groups excluding carboxylic acids is 1. The summed E-state index contributed by atoms with van der Waals surface area (Å²) < 4.78 is 10.2. The molecule has 0 spiro atoms. The molecule has 0 atom stereocenters. The van der Waals surface area contributed by atoms with Crippen molar-refractivity contribution in [3.8, 4) is 0 Å². The van der Waals surface area contributed by atoms with Gasteiger partial charge in [0.15, 0.2) is 5.76 Å². The second kappa shape index (κ2) is 4.88. The van der Waals surface area contributed by atoms with Crippen LogP contribution in [0.3, 0.4) is 0 Å². The van der Waals surface area contributed by atoms with Crippen LogP contribution in [-0.4, -0.2) is 17.9 Å². The fraction of sp³-hybridized carbons (Fsp3) is 0.250. The van der Waals surface area contributed by atoms with Crippen LogP contribution in [0.4, 0.5) is 0 Å². The molecule has 1 amide bonds. The number of amides is 1. The summed E-state index contributed by atoms with van der Waals surface area (Å²) in [4.78, 5) is 13.5. The van der Waals surface area contributed by atoms with E-state index in [1.165, 1.54) is 0 Å². The van der Waals surface area contributed by atoms with Crippen LogP contribution >= 0.6 is 0 Å². The van der Waals surface area contributed by atoms with Crippen molar-refractivity contribution in [3.05, 3.63) is 47.8 Å². The Kier molecular flexibility index (Phi) is 3.30. The number of furan rings is 2. The van der Waals surface area contributed by atoms with E-state index in [1.807, 2.05) is 6.07 Å². The lowest BCUT2D eigenvalue weighted by atomic mass is 10.3. The smallest absolute Gasteiger partial charge is 0.289 e. The minimum atomic E-state index is -0.175. The van der Waals surface area contributed by atoms with E-state index in [4.69, 9.17) is 14.6 Å². The van der Waals surface area contributed by atoms with Gasteiger partial charge in [-0.3, -0.25) is 4.79 Å². The number of hydrogen-bond donors (Lipinski definition) is 1. The van der Waals surface area contributed by atoms with E-state index in [9.17, 15) is 4.79 Å². The molecule has 90 valence electrons. The van der Waals surface area contributed by atoms with Crippen LogP contribution in [0.5, 0.6) is 0 Å². The molecule has 2 aromatic heterocycles. The number of nitrogens with two attached hydrogens (primary N) is 1. The third kappa shape index (κ3) is 2.57. The summed E-state index contributed by atoms with van der Waals surface area (Å²) >= 11 is 0. The van der Waals surface area contributed by atoms with E-state index < -0.39 is 0 Å². The number of rotatable bonds is 4. The van der Waals surface area contributed by atoms with Gasteiger partial charge in [0.25, 0.3) is 5.91 Å². The summed E-state index contributed by atoms with van der Waals surface area (Å²) in [6.07, 6.45) is 3.18. The topological polar surface area (TPSA) is 72.6 Å². The van der Waals surface area contributed by atoms with Gasteiger partial charge in [0.05, 0.1) is 19.1 Å². The zero-order valence-corrected chi connectivity index (χ0v) is 9.55. The quantitative estimate of drug-likeness (QED) is 0.872. The lowest BCUT2D eigenvalue weighted by Crippen LogP contribution is -2.25. The van der Waals surface area contributed by atoms with Crippen molar-refractivity contribution in [2.24, 2.45) is 5.73 Å². The number of carbonyl (C=O) groups is 1. The molecule has 2 heterocycles. The summed E-state index contributed by atoms with van der Waals surface area (Å²) in [6, 6.07) is 5.16. The molecular formula is C12H14N2O3. The largest absolute Gasteiger partial charge is 0.472 e. The Labute approximate surface area is 98.8 Å². The van der Waals surface area contributed by atoms with E-state index in [1.54, 1.807) is 36.6 Å². The van der Waals surface area contributed by atoms with Crippen molar-refractivity contribution in [3.63, 3.8) is 0 Å². The third-order valence-corrected chi connectivity index (χ3v) is 2.42. The summed E-state index contributed by atoms with van der Waals surface area (Å²) in [5.41, 5.74) is 6.35. The van der Waals surface area contributed by atoms with Crippen LogP contribution in [-0.2, 0) is 13.1 Å². The van der Waals surface area contributed by atoms with Gasteiger partial charge in [-0.05, 0) is 18.2 Å². The van der Waals surface area contributed by atoms with E-state index in [0.717, 1.165) is 5.56 Å². The van der Waals surface area contributed by atoms with E-state index in [0.29, 0.717) is 24.6 Å². The molecule has 2 rings (SSSR count). The second-order valence-corrected chi connectivity index (χ2v) is 3.76. The van der Waals surface area contributed by atoms with Crippen LogP contribution in [0, 0.1) is 0 Å². The predicted octanol–water partition coefficient (Wildman–Crippen LogP) is 1.60. The molecule has 2 N–H and O–H groups in total. The maximum atomic E-state index is 12.0. The fourth-order valence-electron chi connectivity index (χ4n) is 1.52. The minimum absolute atomic E-state index is 0.175. The molecule has 2 aromatic rings. The summed E-state index contributed by atoms with van der Waals surface area (Å²) in [7, 11) is 1.71. The third-order valence-electron chi connectivity index (χ3n) is 2.42. The molecule has 0 aliphatic rings. The first-order valence-electron chi connectivity index (χ1n) is 5.26. The molecule has 0 bridgehead atoms. The standard InChI is InChI=1S/C12H14N2O3/c1-14(7-9-4-5-16-8-9)12(15)11-3-2-10(6-13)17-11/h2-5,8H,6-7,13H2,1H3. The first-order chi connectivity index (χ1) is 8.20. The Balaban J connectivity index is 2.04. The lowest BCUT2D eigenvalue weighted by molar-refractivity contribution is 0.0751. The monoisotopic (exact) mass is 234 g/mol. The Morgan fingerprint density at radius 3 is 2.82 bits per heavy atom. The molecule has 0 aromatic carbocycles. The van der Waals surface area contributed by atoms with Gasteiger partial charge in [0.2, 0.25) is 0 Å². The highest BCUT2D eigenvalue weighted by Gasteiger charge is 2.16. The highest BCUT2D eigenvalue weighted by Crippen LogP contribution is 2.12. The Hall–Kier alpha value is -2.01. The molecule has 0 saturated heterocycles. The second-order valence-electron chi connectivity index (χ2n) is 3.76. The van der Waals surface area contributed by atoms with Crippen LogP contribution in [0.2, 0.25) is 0 Å².